The van der Waals surface area contributed by atoms with Gasteiger partial charge in [0, 0.05) is 4.88 Å². The molecule has 2 N–H and O–H groups in total. The lowest BCUT2D eigenvalue weighted by Crippen LogP contribution is -2.51. The van der Waals surface area contributed by atoms with Crippen LogP contribution >= 0.6 is 11.3 Å². The summed E-state index contributed by atoms with van der Waals surface area (Å²) < 4.78 is 0. The molecule has 0 spiro atoms. The minimum absolute atomic E-state index is 0.0335. The molecule has 2 atom stereocenters. The van der Waals surface area contributed by atoms with Crippen LogP contribution in [0.3, 0.4) is 0 Å². The average molecular weight is 370 g/mol. The second-order valence-corrected chi connectivity index (χ2v) is 7.92. The summed E-state index contributed by atoms with van der Waals surface area (Å²) in [6.07, 6.45) is 1.00. The van der Waals surface area contributed by atoms with E-state index in [1.807, 2.05) is 25.3 Å². The monoisotopic (exact) mass is 369 g/mol. The van der Waals surface area contributed by atoms with Crippen LogP contribution in [-0.2, 0) is 11.2 Å². The van der Waals surface area contributed by atoms with E-state index in [2.05, 4.69) is 54.0 Å². The lowest BCUT2D eigenvalue weighted by molar-refractivity contribution is -0.121. The number of hydrogen-bond acceptors (Lipinski definition) is 4. The van der Waals surface area contributed by atoms with E-state index < -0.39 is 5.54 Å². The number of aryl methyl sites for hydroxylation is 1. The third kappa shape index (κ3) is 4.94. The summed E-state index contributed by atoms with van der Waals surface area (Å²) >= 11 is 1.66. The topological polar surface area (TPSA) is 64.9 Å². The van der Waals surface area contributed by atoms with Crippen molar-refractivity contribution in [1.82, 2.24) is 10.6 Å². The molecule has 0 aliphatic rings. The average Bonchev–Trinajstić information content (AvgIpc) is 3.16. The van der Waals surface area contributed by atoms with Crippen molar-refractivity contribution in [3.05, 3.63) is 57.8 Å². The number of hydrogen-bond donors (Lipinski definition) is 2. The maximum atomic E-state index is 12.4. The highest BCUT2D eigenvalue weighted by atomic mass is 32.1. The molecule has 2 aromatic rings. The lowest BCUT2D eigenvalue weighted by atomic mass is 9.90. The van der Waals surface area contributed by atoms with Gasteiger partial charge < -0.3 is 5.32 Å². The predicted octanol–water partition coefficient (Wildman–Crippen LogP) is 4.04. The van der Waals surface area contributed by atoms with Gasteiger partial charge >= 0.3 is 0 Å². The van der Waals surface area contributed by atoms with Crippen LogP contribution in [0.1, 0.15) is 49.7 Å². The Morgan fingerprint density at radius 1 is 1.27 bits per heavy atom. The van der Waals surface area contributed by atoms with Crippen LogP contribution in [0.5, 0.6) is 0 Å². The Hall–Kier alpha value is -2.16. The zero-order valence-corrected chi connectivity index (χ0v) is 16.7. The Morgan fingerprint density at radius 3 is 2.46 bits per heavy atom. The molecular formula is C21H27N3OS. The zero-order valence-electron chi connectivity index (χ0n) is 15.9. The van der Waals surface area contributed by atoms with Gasteiger partial charge in [-0.3, -0.25) is 10.1 Å². The van der Waals surface area contributed by atoms with Crippen molar-refractivity contribution in [2.75, 3.05) is 6.54 Å². The summed E-state index contributed by atoms with van der Waals surface area (Å²) in [7, 11) is 0. The van der Waals surface area contributed by atoms with Crippen molar-refractivity contribution < 1.29 is 4.79 Å². The zero-order chi connectivity index (χ0) is 19.2. The number of nitrogens with one attached hydrogen (secondary N) is 2. The number of amides is 1. The summed E-state index contributed by atoms with van der Waals surface area (Å²) in [5.74, 6) is -0.138. The van der Waals surface area contributed by atoms with Crippen molar-refractivity contribution in [1.29, 1.82) is 5.26 Å². The van der Waals surface area contributed by atoms with E-state index >= 15 is 0 Å². The predicted molar refractivity (Wildman–Crippen MR) is 107 cm³/mol. The second kappa shape index (κ2) is 8.98. The number of nitrogens with zero attached hydrogens (tertiary/aromatic N) is 1. The van der Waals surface area contributed by atoms with E-state index in [1.165, 1.54) is 5.56 Å². The van der Waals surface area contributed by atoms with Crippen LogP contribution in [0.2, 0.25) is 0 Å². The van der Waals surface area contributed by atoms with Crippen LogP contribution in [-0.4, -0.2) is 18.0 Å². The lowest BCUT2D eigenvalue weighted by Gasteiger charge is -2.28. The van der Waals surface area contributed by atoms with E-state index in [4.69, 9.17) is 0 Å². The first kappa shape index (κ1) is 20.2. The van der Waals surface area contributed by atoms with Gasteiger partial charge in [0.1, 0.15) is 5.54 Å². The fourth-order valence-corrected chi connectivity index (χ4v) is 3.44. The molecule has 0 radical (unpaired) electrons. The van der Waals surface area contributed by atoms with Crippen molar-refractivity contribution in [2.45, 2.75) is 45.7 Å². The van der Waals surface area contributed by atoms with E-state index in [9.17, 15) is 10.1 Å². The van der Waals surface area contributed by atoms with Gasteiger partial charge in [-0.05, 0) is 41.8 Å². The van der Waals surface area contributed by atoms with E-state index in [1.54, 1.807) is 18.3 Å². The second-order valence-electron chi connectivity index (χ2n) is 6.94. The highest BCUT2D eigenvalue weighted by molar-refractivity contribution is 7.10. The van der Waals surface area contributed by atoms with Gasteiger partial charge in [0.2, 0.25) is 5.91 Å². The van der Waals surface area contributed by atoms with Gasteiger partial charge in [0.05, 0.1) is 18.7 Å². The van der Waals surface area contributed by atoms with Gasteiger partial charge in [-0.1, -0.05) is 51.1 Å². The quantitative estimate of drug-likeness (QED) is 0.738. The summed E-state index contributed by atoms with van der Waals surface area (Å²) in [5, 5.41) is 17.6. The summed E-state index contributed by atoms with van der Waals surface area (Å²) in [5.41, 5.74) is 1.56. The van der Waals surface area contributed by atoms with Crippen molar-refractivity contribution in [3.63, 3.8) is 0 Å². The van der Waals surface area contributed by atoms with Gasteiger partial charge in [-0.25, -0.2) is 0 Å². The van der Waals surface area contributed by atoms with Crippen LogP contribution in [0.25, 0.3) is 0 Å². The van der Waals surface area contributed by atoms with E-state index in [-0.39, 0.29) is 24.4 Å². The Balaban J connectivity index is 2.11. The molecule has 138 valence electrons. The van der Waals surface area contributed by atoms with Crippen molar-refractivity contribution >= 4 is 17.2 Å². The summed E-state index contributed by atoms with van der Waals surface area (Å²) in [6, 6.07) is 14.7. The first-order valence-corrected chi connectivity index (χ1v) is 9.85. The molecule has 0 saturated carbocycles. The number of thiophene rings is 1. The minimum Gasteiger partial charge on any atom is -0.337 e. The summed E-state index contributed by atoms with van der Waals surface area (Å²) in [4.78, 5) is 13.6. The van der Waals surface area contributed by atoms with Crippen LogP contribution in [0, 0.1) is 17.2 Å². The van der Waals surface area contributed by atoms with Crippen molar-refractivity contribution in [3.8, 4) is 6.07 Å². The largest absolute Gasteiger partial charge is 0.337 e. The third-order valence-corrected chi connectivity index (χ3v) is 5.74. The molecule has 0 unspecified atom stereocenters. The molecule has 1 aromatic carbocycles. The molecule has 0 saturated heterocycles. The van der Waals surface area contributed by atoms with Gasteiger partial charge in [-0.15, -0.1) is 11.3 Å². The number of nitriles is 1. The smallest absolute Gasteiger partial charge is 0.235 e. The van der Waals surface area contributed by atoms with Crippen LogP contribution in [0.15, 0.2) is 41.8 Å². The number of carbonyl (C=O) groups is 1. The molecule has 2 rings (SSSR count). The van der Waals surface area contributed by atoms with E-state index in [0.29, 0.717) is 0 Å². The number of benzene rings is 1. The molecule has 4 nitrogen and oxygen atoms in total. The summed E-state index contributed by atoms with van der Waals surface area (Å²) in [6.45, 7) is 7.91. The minimum atomic E-state index is -0.861. The highest BCUT2D eigenvalue weighted by Gasteiger charge is 2.30. The molecule has 26 heavy (non-hydrogen) atoms. The fourth-order valence-electron chi connectivity index (χ4n) is 2.61. The van der Waals surface area contributed by atoms with Gasteiger partial charge in [-0.2, -0.15) is 5.26 Å². The Morgan fingerprint density at radius 2 is 1.96 bits per heavy atom. The number of carbonyl (C=O) groups excluding carboxylic acids is 1. The van der Waals surface area contributed by atoms with Crippen LogP contribution in [0.4, 0.5) is 0 Å². The highest BCUT2D eigenvalue weighted by Crippen LogP contribution is 2.26. The maximum absolute atomic E-state index is 12.4. The van der Waals surface area contributed by atoms with E-state index in [0.717, 1.165) is 16.9 Å². The molecule has 5 heteroatoms. The van der Waals surface area contributed by atoms with Gasteiger partial charge in [0.15, 0.2) is 0 Å². The SMILES string of the molecule is CCc1ccc([C@@H](NCC(=O)N[C@@](C)(C#N)C(C)C)c2cccs2)cc1. The molecular weight excluding hydrogens is 342 g/mol. The normalized spacial score (nSPS) is 14.5. The molecule has 1 heterocycles. The molecule has 0 aliphatic heterocycles. The van der Waals surface area contributed by atoms with Crippen molar-refractivity contribution in [2.24, 2.45) is 5.92 Å². The first-order chi connectivity index (χ1) is 12.4. The van der Waals surface area contributed by atoms with Crippen LogP contribution < -0.4 is 10.6 Å². The molecule has 0 fully saturated rings. The Kier molecular flexibility index (Phi) is 6.96. The Labute approximate surface area is 160 Å². The standard InChI is InChI=1S/C21H27N3OS/c1-5-16-8-10-17(11-9-16)20(18-7-6-12-26-18)23-13-19(25)24-21(4,14-22)15(2)3/h6-12,15,20,23H,5,13H2,1-4H3,(H,24,25)/t20-,21+/m1/s1. The first-order valence-electron chi connectivity index (χ1n) is 8.97. The molecule has 0 aliphatic carbocycles. The fraction of sp³-hybridized carbons (Fsp3) is 0.429. The number of rotatable bonds is 8. The third-order valence-electron chi connectivity index (χ3n) is 4.80. The maximum Gasteiger partial charge on any atom is 0.235 e. The molecule has 1 amide bonds. The van der Waals surface area contributed by atoms with Gasteiger partial charge in [0.25, 0.3) is 0 Å². The molecule has 1 aromatic heterocycles. The Bertz CT molecular complexity index is 747. The molecule has 0 bridgehead atoms.